The van der Waals surface area contributed by atoms with E-state index in [1.165, 1.54) is 11.8 Å². The molecule has 0 fully saturated rings. The van der Waals surface area contributed by atoms with E-state index in [9.17, 15) is 5.11 Å². The van der Waals surface area contributed by atoms with Crippen LogP contribution in [0.3, 0.4) is 0 Å². The van der Waals surface area contributed by atoms with E-state index in [-0.39, 0.29) is 0 Å². The molecule has 0 radical (unpaired) electrons. The molecule has 0 aliphatic carbocycles. The van der Waals surface area contributed by atoms with Gasteiger partial charge in [-0.05, 0) is 19.9 Å². The maximum atomic E-state index is 9.45. The largest absolute Gasteiger partial charge is 0.390 e. The zero-order valence-corrected chi connectivity index (χ0v) is 10.0. The molecular formula is C10H16N2O2S. The summed E-state index contributed by atoms with van der Waals surface area (Å²) in [5, 5.41) is 10.2. The van der Waals surface area contributed by atoms with E-state index >= 15 is 0 Å². The Morgan fingerprint density at radius 2 is 2.00 bits per heavy atom. The van der Waals surface area contributed by atoms with Crippen LogP contribution >= 0.6 is 11.8 Å². The molecule has 0 aromatic carbocycles. The first-order valence-corrected chi connectivity index (χ1v) is 5.72. The van der Waals surface area contributed by atoms with Crippen molar-refractivity contribution in [2.45, 2.75) is 25.1 Å². The second kappa shape index (κ2) is 6.05. The Hall–Kier alpha value is -0.650. The first-order valence-electron chi connectivity index (χ1n) is 4.74. The lowest BCUT2D eigenvalue weighted by molar-refractivity contribution is 0.0793. The molecule has 0 saturated heterocycles. The van der Waals surface area contributed by atoms with E-state index < -0.39 is 6.10 Å². The molecule has 5 heteroatoms. The van der Waals surface area contributed by atoms with Crippen LogP contribution < -0.4 is 0 Å². The van der Waals surface area contributed by atoms with Gasteiger partial charge in [-0.1, -0.05) is 11.8 Å². The van der Waals surface area contributed by atoms with Gasteiger partial charge in [0, 0.05) is 24.3 Å². The number of hydrogen-bond donors (Lipinski definition) is 1. The van der Waals surface area contributed by atoms with Gasteiger partial charge in [-0.3, -0.25) is 0 Å². The number of aromatic nitrogens is 2. The van der Waals surface area contributed by atoms with Crippen molar-refractivity contribution in [1.82, 2.24) is 9.97 Å². The fourth-order valence-electron chi connectivity index (χ4n) is 1.17. The molecule has 1 N–H and O–H groups in total. The Bertz CT molecular complexity index is 300. The lowest BCUT2D eigenvalue weighted by Crippen LogP contribution is -2.16. The van der Waals surface area contributed by atoms with Crippen LogP contribution in [0.15, 0.2) is 11.2 Å². The molecule has 0 amide bonds. The monoisotopic (exact) mass is 228 g/mol. The van der Waals surface area contributed by atoms with Crippen LogP contribution in [0.2, 0.25) is 0 Å². The molecule has 0 aliphatic rings. The number of aliphatic hydroxyl groups is 1. The van der Waals surface area contributed by atoms with Gasteiger partial charge in [-0.2, -0.15) is 0 Å². The van der Waals surface area contributed by atoms with Crippen molar-refractivity contribution < 1.29 is 9.84 Å². The average molecular weight is 228 g/mol. The van der Waals surface area contributed by atoms with Gasteiger partial charge in [-0.15, -0.1) is 0 Å². The number of ether oxygens (including phenoxy) is 1. The maximum absolute atomic E-state index is 9.45. The van der Waals surface area contributed by atoms with Crippen molar-refractivity contribution in [3.05, 3.63) is 17.5 Å². The molecule has 4 nitrogen and oxygen atoms in total. The SMILES string of the molecule is COCC(O)CSc1nc(C)cc(C)n1. The number of hydrogen-bond acceptors (Lipinski definition) is 5. The summed E-state index contributed by atoms with van der Waals surface area (Å²) in [7, 11) is 1.57. The molecule has 0 bridgehead atoms. The molecule has 1 rings (SSSR count). The highest BCUT2D eigenvalue weighted by atomic mass is 32.2. The van der Waals surface area contributed by atoms with Gasteiger partial charge < -0.3 is 9.84 Å². The Labute approximate surface area is 94.1 Å². The molecule has 1 unspecified atom stereocenters. The minimum Gasteiger partial charge on any atom is -0.390 e. The highest BCUT2D eigenvalue weighted by molar-refractivity contribution is 7.99. The van der Waals surface area contributed by atoms with Crippen LogP contribution in [0.5, 0.6) is 0 Å². The number of thioether (sulfide) groups is 1. The maximum Gasteiger partial charge on any atom is 0.188 e. The molecule has 1 aromatic heterocycles. The third kappa shape index (κ3) is 4.59. The van der Waals surface area contributed by atoms with Crippen molar-refractivity contribution in [2.24, 2.45) is 0 Å². The molecule has 0 aliphatic heterocycles. The average Bonchev–Trinajstić information content (AvgIpc) is 2.14. The molecule has 1 atom stereocenters. The normalized spacial score (nSPS) is 12.8. The minimum absolute atomic E-state index is 0.345. The lowest BCUT2D eigenvalue weighted by atomic mass is 10.4. The standard InChI is InChI=1S/C10H16N2O2S/c1-7-4-8(2)12-10(11-7)15-6-9(13)5-14-3/h4,9,13H,5-6H2,1-3H3. The zero-order chi connectivity index (χ0) is 11.3. The summed E-state index contributed by atoms with van der Waals surface area (Å²) < 4.78 is 4.84. The predicted molar refractivity (Wildman–Crippen MR) is 60.1 cm³/mol. The van der Waals surface area contributed by atoms with Crippen molar-refractivity contribution in [3.8, 4) is 0 Å². The third-order valence-electron chi connectivity index (χ3n) is 1.73. The predicted octanol–water partition coefficient (Wildman–Crippen LogP) is 1.19. The van der Waals surface area contributed by atoms with Crippen LogP contribution in [-0.4, -0.2) is 40.6 Å². The number of aryl methyl sites for hydroxylation is 2. The summed E-state index contributed by atoms with van der Waals surface area (Å²) in [6, 6.07) is 1.93. The molecular weight excluding hydrogens is 212 g/mol. The van der Waals surface area contributed by atoms with Gasteiger partial charge in [0.05, 0.1) is 12.7 Å². The van der Waals surface area contributed by atoms with Crippen LogP contribution in [-0.2, 0) is 4.74 Å². The third-order valence-corrected chi connectivity index (χ3v) is 2.72. The van der Waals surface area contributed by atoms with E-state index in [1.807, 2.05) is 19.9 Å². The van der Waals surface area contributed by atoms with E-state index in [4.69, 9.17) is 4.74 Å². The number of methoxy groups -OCH3 is 1. The number of rotatable bonds is 5. The van der Waals surface area contributed by atoms with Gasteiger partial charge in [0.2, 0.25) is 0 Å². The summed E-state index contributed by atoms with van der Waals surface area (Å²) in [6.07, 6.45) is -0.468. The van der Waals surface area contributed by atoms with E-state index in [1.54, 1.807) is 7.11 Å². The van der Waals surface area contributed by atoms with Crippen molar-refractivity contribution >= 4 is 11.8 Å². The lowest BCUT2D eigenvalue weighted by Gasteiger charge is -2.08. The first-order chi connectivity index (χ1) is 7.11. The van der Waals surface area contributed by atoms with E-state index in [0.717, 1.165) is 11.4 Å². The van der Waals surface area contributed by atoms with Crippen molar-refractivity contribution in [1.29, 1.82) is 0 Å². The quantitative estimate of drug-likeness (QED) is 0.606. The summed E-state index contributed by atoms with van der Waals surface area (Å²) in [4.78, 5) is 8.53. The van der Waals surface area contributed by atoms with Crippen LogP contribution in [0.1, 0.15) is 11.4 Å². The number of nitrogens with zero attached hydrogens (tertiary/aromatic N) is 2. The van der Waals surface area contributed by atoms with Crippen molar-refractivity contribution in [2.75, 3.05) is 19.5 Å². The Kier molecular flexibility index (Phi) is 5.01. The van der Waals surface area contributed by atoms with E-state index in [2.05, 4.69) is 9.97 Å². The second-order valence-corrected chi connectivity index (χ2v) is 4.34. The highest BCUT2D eigenvalue weighted by Gasteiger charge is 2.06. The van der Waals surface area contributed by atoms with Gasteiger partial charge in [-0.25, -0.2) is 9.97 Å². The van der Waals surface area contributed by atoms with Crippen LogP contribution in [0.4, 0.5) is 0 Å². The molecule has 1 heterocycles. The van der Waals surface area contributed by atoms with E-state index in [0.29, 0.717) is 17.5 Å². The van der Waals surface area contributed by atoms with Crippen LogP contribution in [0, 0.1) is 13.8 Å². The Morgan fingerprint density at radius 3 is 2.53 bits per heavy atom. The summed E-state index contributed by atoms with van der Waals surface area (Å²) in [5.41, 5.74) is 1.90. The zero-order valence-electron chi connectivity index (χ0n) is 9.23. The number of aliphatic hydroxyl groups excluding tert-OH is 1. The first kappa shape index (κ1) is 12.4. The Morgan fingerprint density at radius 1 is 1.40 bits per heavy atom. The Balaban J connectivity index is 2.50. The highest BCUT2D eigenvalue weighted by Crippen LogP contribution is 2.15. The van der Waals surface area contributed by atoms with Gasteiger partial charge in [0.15, 0.2) is 5.16 Å². The molecule has 15 heavy (non-hydrogen) atoms. The van der Waals surface area contributed by atoms with Gasteiger partial charge in [0.1, 0.15) is 0 Å². The molecule has 0 saturated carbocycles. The van der Waals surface area contributed by atoms with Crippen molar-refractivity contribution in [3.63, 3.8) is 0 Å². The van der Waals surface area contributed by atoms with Gasteiger partial charge >= 0.3 is 0 Å². The fourth-order valence-corrected chi connectivity index (χ4v) is 2.02. The summed E-state index contributed by atoms with van der Waals surface area (Å²) in [5.74, 6) is 0.552. The summed E-state index contributed by atoms with van der Waals surface area (Å²) in [6.45, 7) is 4.21. The smallest absolute Gasteiger partial charge is 0.188 e. The minimum atomic E-state index is -0.468. The molecule has 1 aromatic rings. The van der Waals surface area contributed by atoms with Gasteiger partial charge in [0.25, 0.3) is 0 Å². The molecule has 84 valence electrons. The fraction of sp³-hybridized carbons (Fsp3) is 0.600. The summed E-state index contributed by atoms with van der Waals surface area (Å²) >= 11 is 1.44. The molecule has 0 spiro atoms. The second-order valence-electron chi connectivity index (χ2n) is 3.35. The topological polar surface area (TPSA) is 55.2 Å². The van der Waals surface area contributed by atoms with Crippen LogP contribution in [0.25, 0.3) is 0 Å².